The second-order valence-electron chi connectivity index (χ2n) is 1.37. The number of rotatable bonds is 2. The number of esters is 1. The van der Waals surface area contributed by atoms with Crippen molar-refractivity contribution >= 4 is 18.6 Å². The number of hydrogen-bond acceptors (Lipinski definition) is 4. The van der Waals surface area contributed by atoms with Crippen LogP contribution in [0.4, 0.5) is 0 Å². The topological polar surface area (TPSA) is 52.3 Å². The largest absolute Gasteiger partial charge is 0.463 e. The van der Waals surface area contributed by atoms with Crippen LogP contribution in [0, 0.1) is 0 Å². The molecule has 0 aliphatic carbocycles. The third-order valence-corrected chi connectivity index (χ3v) is 0.606. The molecule has 0 saturated carbocycles. The molecule has 0 fully saturated rings. The molecule has 0 radical (unpaired) electrons. The van der Waals surface area contributed by atoms with E-state index in [1.165, 1.54) is 6.92 Å². The van der Waals surface area contributed by atoms with Gasteiger partial charge in [-0.1, -0.05) is 0 Å². The van der Waals surface area contributed by atoms with E-state index in [9.17, 15) is 4.79 Å². The summed E-state index contributed by atoms with van der Waals surface area (Å²) in [6.45, 7) is 1.51. The molecule has 0 spiro atoms. The second-order valence-corrected chi connectivity index (χ2v) is 2.03. The Morgan fingerprint density at radius 3 is 2.62 bits per heavy atom. The number of thiol groups is 1. The first-order valence-electron chi connectivity index (χ1n) is 2.20. The maximum absolute atomic E-state index is 10.0. The van der Waals surface area contributed by atoms with Gasteiger partial charge in [0.25, 0.3) is 0 Å². The van der Waals surface area contributed by atoms with Gasteiger partial charge in [0.05, 0.1) is 5.37 Å². The van der Waals surface area contributed by atoms with Gasteiger partial charge in [-0.25, -0.2) is 0 Å². The van der Waals surface area contributed by atoms with Crippen molar-refractivity contribution in [1.82, 2.24) is 0 Å². The van der Waals surface area contributed by atoms with E-state index in [4.69, 9.17) is 5.73 Å². The monoisotopic (exact) mass is 135 g/mol. The van der Waals surface area contributed by atoms with Crippen LogP contribution in [0.15, 0.2) is 0 Å². The average Bonchev–Trinajstić information content (AvgIpc) is 1.61. The van der Waals surface area contributed by atoms with E-state index in [0.29, 0.717) is 0 Å². The molecule has 3 nitrogen and oxygen atoms in total. The summed E-state index contributed by atoms with van der Waals surface area (Å²) in [6, 6.07) is 0. The molecule has 0 heterocycles. The van der Waals surface area contributed by atoms with Gasteiger partial charge in [-0.05, 0) is 0 Å². The predicted octanol–water partition coefficient (Wildman–Crippen LogP) is -0.236. The second kappa shape index (κ2) is 3.74. The molecule has 0 aromatic heterocycles. The number of hydrogen-bond donors (Lipinski definition) is 2. The fourth-order valence-electron chi connectivity index (χ4n) is 0.203. The van der Waals surface area contributed by atoms with Gasteiger partial charge in [-0.2, -0.15) is 12.6 Å². The van der Waals surface area contributed by atoms with E-state index in [0.717, 1.165) is 0 Å². The minimum absolute atomic E-state index is 0.179. The predicted molar refractivity (Wildman–Crippen MR) is 33.6 cm³/mol. The van der Waals surface area contributed by atoms with Gasteiger partial charge in [-0.15, -0.1) is 0 Å². The summed E-state index contributed by atoms with van der Waals surface area (Å²) >= 11 is 3.77. The SMILES string of the molecule is CC(=O)OCC(N)S. The van der Waals surface area contributed by atoms with E-state index >= 15 is 0 Å². The molecule has 0 rings (SSSR count). The molecule has 1 atom stereocenters. The Morgan fingerprint density at radius 2 is 2.50 bits per heavy atom. The molecule has 1 unspecified atom stereocenters. The van der Waals surface area contributed by atoms with E-state index in [-0.39, 0.29) is 18.0 Å². The van der Waals surface area contributed by atoms with Crippen LogP contribution in [-0.4, -0.2) is 18.0 Å². The lowest BCUT2D eigenvalue weighted by atomic mass is 10.7. The fraction of sp³-hybridized carbons (Fsp3) is 0.750. The highest BCUT2D eigenvalue weighted by atomic mass is 32.1. The first kappa shape index (κ1) is 7.78. The van der Waals surface area contributed by atoms with Crippen LogP contribution in [0.3, 0.4) is 0 Å². The molecule has 0 aliphatic heterocycles. The standard InChI is InChI=1S/C4H9NO2S/c1-3(6)7-2-4(5)8/h4,8H,2,5H2,1H3. The summed E-state index contributed by atoms with van der Waals surface area (Å²) in [7, 11) is 0. The molecule has 0 bridgehead atoms. The number of carbonyl (C=O) groups excluding carboxylic acids is 1. The highest BCUT2D eigenvalue weighted by Crippen LogP contribution is 1.85. The van der Waals surface area contributed by atoms with Crippen LogP contribution in [0.25, 0.3) is 0 Å². The maximum Gasteiger partial charge on any atom is 0.302 e. The molecular formula is C4H9NO2S. The zero-order valence-electron chi connectivity index (χ0n) is 4.63. The molecule has 0 aliphatic rings. The third-order valence-electron chi connectivity index (χ3n) is 0.457. The molecule has 0 saturated heterocycles. The van der Waals surface area contributed by atoms with E-state index in [2.05, 4.69) is 17.4 Å². The van der Waals surface area contributed by atoms with E-state index in [1.54, 1.807) is 0 Å². The van der Waals surface area contributed by atoms with Gasteiger partial charge >= 0.3 is 5.97 Å². The van der Waals surface area contributed by atoms with Crippen LogP contribution in [0.1, 0.15) is 6.92 Å². The van der Waals surface area contributed by atoms with Gasteiger partial charge in [0.2, 0.25) is 0 Å². The smallest absolute Gasteiger partial charge is 0.302 e. The Kier molecular flexibility index (Phi) is 3.64. The lowest BCUT2D eigenvalue weighted by Crippen LogP contribution is -2.20. The highest BCUT2D eigenvalue weighted by Gasteiger charge is 1.95. The minimum atomic E-state index is -0.362. The van der Waals surface area contributed by atoms with Gasteiger partial charge in [0.1, 0.15) is 6.61 Å². The first-order chi connectivity index (χ1) is 3.63. The summed E-state index contributed by atoms with van der Waals surface area (Å²) in [6.07, 6.45) is 0. The van der Waals surface area contributed by atoms with Crippen molar-refractivity contribution in [3.63, 3.8) is 0 Å². The van der Waals surface area contributed by atoms with Gasteiger partial charge < -0.3 is 10.5 Å². The molecule has 8 heavy (non-hydrogen) atoms. The van der Waals surface area contributed by atoms with Crippen molar-refractivity contribution in [2.75, 3.05) is 6.61 Å². The van der Waals surface area contributed by atoms with Crippen LogP contribution in [-0.2, 0) is 9.53 Å². The molecule has 0 aromatic rings. The molecule has 0 amide bonds. The lowest BCUT2D eigenvalue weighted by Gasteiger charge is -2.02. The van der Waals surface area contributed by atoms with Crippen LogP contribution < -0.4 is 5.73 Å². The molecule has 4 heteroatoms. The minimum Gasteiger partial charge on any atom is -0.463 e. The molecule has 48 valence electrons. The quantitative estimate of drug-likeness (QED) is 0.312. The van der Waals surface area contributed by atoms with Crippen LogP contribution >= 0.6 is 12.6 Å². The van der Waals surface area contributed by atoms with Gasteiger partial charge in [-0.3, -0.25) is 4.79 Å². The van der Waals surface area contributed by atoms with Crippen molar-refractivity contribution < 1.29 is 9.53 Å². The van der Waals surface area contributed by atoms with E-state index < -0.39 is 0 Å². The Morgan fingerprint density at radius 1 is 2.00 bits per heavy atom. The zero-order chi connectivity index (χ0) is 6.57. The Hall–Kier alpha value is -0.220. The van der Waals surface area contributed by atoms with Crippen molar-refractivity contribution in [2.45, 2.75) is 12.3 Å². The van der Waals surface area contributed by atoms with Crippen LogP contribution in [0.2, 0.25) is 0 Å². The normalized spacial score (nSPS) is 12.9. The average molecular weight is 135 g/mol. The summed E-state index contributed by atoms with van der Waals surface area (Å²) in [5.74, 6) is -0.325. The fourth-order valence-corrected chi connectivity index (χ4v) is 0.277. The van der Waals surface area contributed by atoms with E-state index in [1.807, 2.05) is 0 Å². The number of ether oxygens (including phenoxy) is 1. The van der Waals surface area contributed by atoms with Crippen molar-refractivity contribution in [2.24, 2.45) is 5.73 Å². The highest BCUT2D eigenvalue weighted by molar-refractivity contribution is 7.80. The summed E-state index contributed by atoms with van der Waals surface area (Å²) in [5, 5.41) is -0.362. The zero-order valence-corrected chi connectivity index (χ0v) is 5.52. The lowest BCUT2D eigenvalue weighted by molar-refractivity contribution is -0.140. The van der Waals surface area contributed by atoms with Crippen LogP contribution in [0.5, 0.6) is 0 Å². The van der Waals surface area contributed by atoms with Crippen molar-refractivity contribution in [3.8, 4) is 0 Å². The van der Waals surface area contributed by atoms with Gasteiger partial charge in [0.15, 0.2) is 0 Å². The third kappa shape index (κ3) is 5.78. The molecule has 2 N–H and O–H groups in total. The van der Waals surface area contributed by atoms with Gasteiger partial charge in [0, 0.05) is 6.92 Å². The maximum atomic E-state index is 10.0. The molecule has 0 aromatic carbocycles. The first-order valence-corrected chi connectivity index (χ1v) is 2.71. The Labute approximate surface area is 53.6 Å². The van der Waals surface area contributed by atoms with Crippen molar-refractivity contribution in [1.29, 1.82) is 0 Å². The summed E-state index contributed by atoms with van der Waals surface area (Å²) in [5.41, 5.74) is 5.13. The number of nitrogens with two attached hydrogens (primary N) is 1. The van der Waals surface area contributed by atoms with Crippen molar-refractivity contribution in [3.05, 3.63) is 0 Å². The Bertz CT molecular complexity index is 84.1. The summed E-state index contributed by atoms with van der Waals surface area (Å²) < 4.78 is 4.46. The molecular weight excluding hydrogens is 126 g/mol. The number of carbonyl (C=O) groups is 1. The Balaban J connectivity index is 3.05. The summed E-state index contributed by atoms with van der Waals surface area (Å²) in [4.78, 5) is 10.0.